The summed E-state index contributed by atoms with van der Waals surface area (Å²) in [4.78, 5) is 19.2. The molecule has 0 atom stereocenters. The number of thiazole rings is 1. The van der Waals surface area contributed by atoms with E-state index < -0.39 is 0 Å². The van der Waals surface area contributed by atoms with Crippen LogP contribution in [0.25, 0.3) is 0 Å². The molecule has 1 amide bonds. The molecule has 1 aromatic heterocycles. The highest BCUT2D eigenvalue weighted by molar-refractivity contribution is 7.09. The molecule has 0 bridgehead atoms. The Morgan fingerprint density at radius 1 is 1.10 bits per heavy atom. The summed E-state index contributed by atoms with van der Waals surface area (Å²) in [5.74, 6) is 2.06. The lowest BCUT2D eigenvalue weighted by Crippen LogP contribution is -2.31. The first kappa shape index (κ1) is 22.9. The smallest absolute Gasteiger partial charge is 0.228 e. The molecule has 1 heterocycles. The molecule has 2 aromatic carbocycles. The Morgan fingerprint density at radius 3 is 2.52 bits per heavy atom. The fourth-order valence-corrected chi connectivity index (χ4v) is 3.85. The zero-order valence-corrected chi connectivity index (χ0v) is 19.3. The Balaban J connectivity index is 1.57. The van der Waals surface area contributed by atoms with Crippen molar-refractivity contribution in [3.8, 4) is 17.2 Å². The third kappa shape index (κ3) is 6.35. The number of benzene rings is 2. The van der Waals surface area contributed by atoms with Crippen molar-refractivity contribution < 1.29 is 19.0 Å². The minimum Gasteiger partial charge on any atom is -0.493 e. The van der Waals surface area contributed by atoms with Gasteiger partial charge >= 0.3 is 0 Å². The summed E-state index contributed by atoms with van der Waals surface area (Å²) in [6.07, 6.45) is 0.249. The molecule has 164 valence electrons. The lowest BCUT2D eigenvalue weighted by molar-refractivity contribution is -0.130. The number of rotatable bonds is 10. The lowest BCUT2D eigenvalue weighted by Gasteiger charge is -2.21. The Hall–Kier alpha value is -2.77. The summed E-state index contributed by atoms with van der Waals surface area (Å²) < 4.78 is 16.4. The molecule has 0 aliphatic heterocycles. The van der Waals surface area contributed by atoms with Gasteiger partial charge in [-0.15, -0.1) is 11.3 Å². The first-order chi connectivity index (χ1) is 15.0. The fourth-order valence-electron chi connectivity index (χ4n) is 3.01. The van der Waals surface area contributed by atoms with Gasteiger partial charge in [0.05, 0.1) is 26.3 Å². The van der Waals surface area contributed by atoms with Gasteiger partial charge in [-0.1, -0.05) is 17.7 Å². The van der Waals surface area contributed by atoms with E-state index >= 15 is 0 Å². The maximum Gasteiger partial charge on any atom is 0.228 e. The topological polar surface area (TPSA) is 60.9 Å². The largest absolute Gasteiger partial charge is 0.493 e. The van der Waals surface area contributed by atoms with Crippen molar-refractivity contribution in [1.82, 2.24) is 9.88 Å². The molecule has 0 aliphatic rings. The number of ether oxygens (including phenoxy) is 3. The molecule has 8 heteroatoms. The highest BCUT2D eigenvalue weighted by Gasteiger charge is 2.16. The Kier molecular flexibility index (Phi) is 8.14. The minimum absolute atomic E-state index is 0.0211. The highest BCUT2D eigenvalue weighted by Crippen LogP contribution is 2.28. The zero-order chi connectivity index (χ0) is 22.2. The number of methoxy groups -OCH3 is 2. The van der Waals surface area contributed by atoms with Gasteiger partial charge in [-0.05, 0) is 48.9 Å². The van der Waals surface area contributed by atoms with Crippen molar-refractivity contribution in [2.45, 2.75) is 26.5 Å². The first-order valence-electron chi connectivity index (χ1n) is 9.82. The average Bonchev–Trinajstić information content (AvgIpc) is 3.23. The van der Waals surface area contributed by atoms with E-state index in [9.17, 15) is 4.79 Å². The minimum atomic E-state index is 0.0211. The Labute approximate surface area is 191 Å². The van der Waals surface area contributed by atoms with Gasteiger partial charge in [-0.2, -0.15) is 0 Å². The van der Waals surface area contributed by atoms with Crippen molar-refractivity contribution in [3.63, 3.8) is 0 Å². The molecule has 0 fully saturated rings. The third-order valence-corrected chi connectivity index (χ3v) is 5.79. The van der Waals surface area contributed by atoms with E-state index in [1.807, 2.05) is 42.6 Å². The third-order valence-electron chi connectivity index (χ3n) is 4.66. The monoisotopic (exact) mass is 460 g/mol. The van der Waals surface area contributed by atoms with Crippen LogP contribution in [0.2, 0.25) is 5.02 Å². The molecule has 6 nitrogen and oxygen atoms in total. The molecule has 0 spiro atoms. The van der Waals surface area contributed by atoms with Crippen LogP contribution in [-0.4, -0.2) is 36.6 Å². The van der Waals surface area contributed by atoms with Crippen LogP contribution in [0.4, 0.5) is 0 Å². The van der Waals surface area contributed by atoms with E-state index in [1.54, 1.807) is 31.3 Å². The standard InChI is InChI=1S/C23H25ClN2O4S/c1-4-26(13-16-5-10-20(28-2)21(11-16)29-3)23(27)12-18-15-31-22(25-18)14-30-19-8-6-17(24)7-9-19/h5-11,15H,4,12-14H2,1-3H3. The van der Waals surface area contributed by atoms with Crippen molar-refractivity contribution in [2.75, 3.05) is 20.8 Å². The molecule has 31 heavy (non-hydrogen) atoms. The summed E-state index contributed by atoms with van der Waals surface area (Å²) >= 11 is 7.37. The number of hydrogen-bond acceptors (Lipinski definition) is 6. The van der Waals surface area contributed by atoms with Gasteiger partial charge in [0.15, 0.2) is 11.5 Å². The molecule has 0 aliphatic carbocycles. The van der Waals surface area contributed by atoms with Gasteiger partial charge in [0, 0.05) is 23.5 Å². The molecule has 3 rings (SSSR count). The average molecular weight is 461 g/mol. The second-order valence-electron chi connectivity index (χ2n) is 6.75. The van der Waals surface area contributed by atoms with E-state index in [2.05, 4.69) is 4.98 Å². The molecule has 3 aromatic rings. The Morgan fingerprint density at radius 2 is 1.84 bits per heavy atom. The summed E-state index contributed by atoms with van der Waals surface area (Å²) in [6.45, 7) is 3.41. The van der Waals surface area contributed by atoms with Crippen molar-refractivity contribution in [3.05, 3.63) is 69.1 Å². The normalized spacial score (nSPS) is 10.6. The molecule has 0 saturated carbocycles. The number of carbonyl (C=O) groups excluding carboxylic acids is 1. The van der Waals surface area contributed by atoms with Crippen molar-refractivity contribution >= 4 is 28.8 Å². The van der Waals surface area contributed by atoms with Crippen LogP contribution in [-0.2, 0) is 24.4 Å². The number of hydrogen-bond donors (Lipinski definition) is 0. The summed E-state index contributed by atoms with van der Waals surface area (Å²) in [7, 11) is 3.20. The van der Waals surface area contributed by atoms with Gasteiger partial charge in [-0.25, -0.2) is 4.98 Å². The quantitative estimate of drug-likeness (QED) is 0.427. The van der Waals surface area contributed by atoms with Crippen LogP contribution in [0, 0.1) is 0 Å². The predicted octanol–water partition coefficient (Wildman–Crippen LogP) is 4.98. The number of amides is 1. The predicted molar refractivity (Wildman–Crippen MR) is 122 cm³/mol. The number of aromatic nitrogens is 1. The fraction of sp³-hybridized carbons (Fsp3) is 0.304. The Bertz CT molecular complexity index is 1010. The van der Waals surface area contributed by atoms with E-state index in [-0.39, 0.29) is 12.3 Å². The highest BCUT2D eigenvalue weighted by atomic mass is 35.5. The summed E-state index contributed by atoms with van der Waals surface area (Å²) in [5.41, 5.74) is 1.72. The SMILES string of the molecule is CCN(Cc1ccc(OC)c(OC)c1)C(=O)Cc1csc(COc2ccc(Cl)cc2)n1. The van der Waals surface area contributed by atoms with E-state index in [1.165, 1.54) is 11.3 Å². The number of likely N-dealkylation sites (N-methyl/N-ethyl adjacent to an activating group) is 1. The molecule has 0 saturated heterocycles. The van der Waals surface area contributed by atoms with Crippen molar-refractivity contribution in [1.29, 1.82) is 0 Å². The molecule has 0 unspecified atom stereocenters. The van der Waals surface area contributed by atoms with Crippen LogP contribution >= 0.6 is 22.9 Å². The van der Waals surface area contributed by atoms with Crippen molar-refractivity contribution in [2.24, 2.45) is 0 Å². The van der Waals surface area contributed by atoms with Crippen LogP contribution in [0.1, 0.15) is 23.2 Å². The maximum atomic E-state index is 12.8. The number of carbonyl (C=O) groups is 1. The van der Waals surface area contributed by atoms with Gasteiger partial charge in [0.2, 0.25) is 5.91 Å². The van der Waals surface area contributed by atoms with Gasteiger partial charge in [0.1, 0.15) is 17.4 Å². The number of halogens is 1. The second-order valence-corrected chi connectivity index (χ2v) is 8.13. The van der Waals surface area contributed by atoms with E-state index in [0.29, 0.717) is 36.2 Å². The molecule has 0 N–H and O–H groups in total. The van der Waals surface area contributed by atoms with E-state index in [4.69, 9.17) is 25.8 Å². The van der Waals surface area contributed by atoms with E-state index in [0.717, 1.165) is 22.0 Å². The lowest BCUT2D eigenvalue weighted by atomic mass is 10.1. The van der Waals surface area contributed by atoms with Gasteiger partial charge in [0.25, 0.3) is 0 Å². The summed E-state index contributed by atoms with van der Waals surface area (Å²) in [6, 6.07) is 12.9. The molecular weight excluding hydrogens is 436 g/mol. The molecular formula is C23H25ClN2O4S. The van der Waals surface area contributed by atoms with Gasteiger partial charge < -0.3 is 19.1 Å². The second kappa shape index (κ2) is 11.0. The summed E-state index contributed by atoms with van der Waals surface area (Å²) in [5, 5.41) is 3.39. The molecule has 0 radical (unpaired) electrons. The number of nitrogens with zero attached hydrogens (tertiary/aromatic N) is 2. The van der Waals surface area contributed by atoms with Gasteiger partial charge in [-0.3, -0.25) is 4.79 Å². The zero-order valence-electron chi connectivity index (χ0n) is 17.8. The van der Waals surface area contributed by atoms with Crippen LogP contribution in [0.5, 0.6) is 17.2 Å². The van der Waals surface area contributed by atoms with Crippen LogP contribution < -0.4 is 14.2 Å². The first-order valence-corrected chi connectivity index (χ1v) is 11.1. The van der Waals surface area contributed by atoms with Crippen LogP contribution in [0.15, 0.2) is 47.8 Å². The van der Waals surface area contributed by atoms with Crippen LogP contribution in [0.3, 0.4) is 0 Å². The maximum absolute atomic E-state index is 12.8.